The molecule has 1 aliphatic heterocycles. The molecule has 0 bridgehead atoms. The smallest absolute Gasteiger partial charge is 0.212 e. The molecule has 1 spiro atoms. The zero-order valence-electron chi connectivity index (χ0n) is 16.3. The van der Waals surface area contributed by atoms with E-state index in [2.05, 4.69) is 39.1 Å². The number of carbonyl (C=O) groups is 1. The van der Waals surface area contributed by atoms with Gasteiger partial charge in [-0.2, -0.15) is 0 Å². The second kappa shape index (κ2) is 7.08. The van der Waals surface area contributed by atoms with E-state index in [1.165, 1.54) is 11.1 Å². The van der Waals surface area contributed by atoms with Gasteiger partial charge in [-0.05, 0) is 35.8 Å². The average molecular weight is 384 g/mol. The van der Waals surface area contributed by atoms with E-state index in [0.29, 0.717) is 11.3 Å². The van der Waals surface area contributed by atoms with E-state index < -0.39 is 0 Å². The van der Waals surface area contributed by atoms with Crippen LogP contribution < -0.4 is 10.6 Å². The Morgan fingerprint density at radius 1 is 0.966 bits per heavy atom. The van der Waals surface area contributed by atoms with Gasteiger partial charge in [-0.3, -0.25) is 4.79 Å². The first kappa shape index (κ1) is 18.0. The van der Waals surface area contributed by atoms with Crippen molar-refractivity contribution in [1.82, 2.24) is 9.97 Å². The van der Waals surface area contributed by atoms with Crippen LogP contribution in [0, 0.1) is 5.41 Å². The van der Waals surface area contributed by atoms with Gasteiger partial charge >= 0.3 is 0 Å². The van der Waals surface area contributed by atoms with Crippen LogP contribution in [-0.2, 0) is 6.42 Å². The molecule has 5 nitrogen and oxygen atoms in total. The predicted octanol–water partition coefficient (Wildman–Crippen LogP) is 3.55. The van der Waals surface area contributed by atoms with Gasteiger partial charge in [0, 0.05) is 24.7 Å². The number of rotatable bonds is 3. The first-order valence-corrected chi connectivity index (χ1v) is 10.2. The highest BCUT2D eigenvalue weighted by molar-refractivity contribution is 6.07. The topological polar surface area (TPSA) is 72.1 Å². The quantitative estimate of drug-likeness (QED) is 0.699. The van der Waals surface area contributed by atoms with E-state index in [1.807, 2.05) is 18.2 Å². The normalized spacial score (nSPS) is 19.9. The number of anilines is 1. The molecule has 146 valence electrons. The number of ketones is 1. The Hall–Kier alpha value is -3.05. The van der Waals surface area contributed by atoms with Crippen LogP contribution in [0.4, 0.5) is 5.82 Å². The van der Waals surface area contributed by atoms with Crippen LogP contribution in [0.5, 0.6) is 0 Å². The largest absolute Gasteiger partial charge is 0.355 e. The number of nitrogens with zero attached hydrogens (tertiary/aromatic N) is 3. The number of aromatic nitrogens is 2. The van der Waals surface area contributed by atoms with E-state index in [9.17, 15) is 4.79 Å². The molecule has 2 heterocycles. The van der Waals surface area contributed by atoms with Crippen molar-refractivity contribution in [1.29, 1.82) is 0 Å². The maximum Gasteiger partial charge on any atom is 0.212 e. The summed E-state index contributed by atoms with van der Waals surface area (Å²) in [4.78, 5) is 23.7. The first-order chi connectivity index (χ1) is 14.2. The SMILES string of the molecule is N[C@@H]1c2ccccc2CC12CCN(c1cnc(C(=O)c3ccccc3)cn1)CC2. The van der Waals surface area contributed by atoms with Crippen molar-refractivity contribution in [3.05, 3.63) is 89.4 Å². The molecular formula is C24H24N4O. The molecule has 0 amide bonds. The second-order valence-electron chi connectivity index (χ2n) is 8.16. The average Bonchev–Trinajstić information content (AvgIpc) is 3.06. The molecular weight excluding hydrogens is 360 g/mol. The maximum absolute atomic E-state index is 12.5. The third-order valence-electron chi connectivity index (χ3n) is 6.58. The maximum atomic E-state index is 12.5. The van der Waals surface area contributed by atoms with E-state index >= 15 is 0 Å². The minimum atomic E-state index is -0.100. The summed E-state index contributed by atoms with van der Waals surface area (Å²) in [5.74, 6) is 0.727. The van der Waals surface area contributed by atoms with Gasteiger partial charge in [-0.15, -0.1) is 0 Å². The van der Waals surface area contributed by atoms with Gasteiger partial charge in [-0.25, -0.2) is 9.97 Å². The van der Waals surface area contributed by atoms with Gasteiger partial charge in [0.05, 0.1) is 12.4 Å². The van der Waals surface area contributed by atoms with Gasteiger partial charge in [-0.1, -0.05) is 54.6 Å². The molecule has 2 aliphatic rings. The fraction of sp³-hybridized carbons (Fsp3) is 0.292. The van der Waals surface area contributed by atoms with Crippen molar-refractivity contribution in [2.45, 2.75) is 25.3 Å². The summed E-state index contributed by atoms with van der Waals surface area (Å²) in [6.07, 6.45) is 6.45. The molecule has 1 aliphatic carbocycles. The summed E-state index contributed by atoms with van der Waals surface area (Å²) in [6, 6.07) is 17.9. The molecule has 5 rings (SSSR count). The molecule has 2 aromatic carbocycles. The number of benzene rings is 2. The highest BCUT2D eigenvalue weighted by atomic mass is 16.1. The van der Waals surface area contributed by atoms with E-state index in [1.54, 1.807) is 24.5 Å². The number of carbonyl (C=O) groups excluding carboxylic acids is 1. The van der Waals surface area contributed by atoms with Crippen molar-refractivity contribution in [3.63, 3.8) is 0 Å². The zero-order valence-corrected chi connectivity index (χ0v) is 16.3. The lowest BCUT2D eigenvalue weighted by molar-refractivity contribution is 0.103. The Morgan fingerprint density at radius 3 is 2.38 bits per heavy atom. The fourth-order valence-corrected chi connectivity index (χ4v) is 4.83. The second-order valence-corrected chi connectivity index (χ2v) is 8.16. The summed E-state index contributed by atoms with van der Waals surface area (Å²) < 4.78 is 0. The number of nitrogens with two attached hydrogens (primary N) is 1. The number of fused-ring (bicyclic) bond motifs is 1. The Morgan fingerprint density at radius 2 is 1.69 bits per heavy atom. The lowest BCUT2D eigenvalue weighted by Crippen LogP contribution is -2.44. The highest BCUT2D eigenvalue weighted by Crippen LogP contribution is 2.50. The number of hydrogen-bond acceptors (Lipinski definition) is 5. The lowest BCUT2D eigenvalue weighted by atomic mass is 9.73. The molecule has 3 aromatic rings. The molecule has 1 aromatic heterocycles. The van der Waals surface area contributed by atoms with Crippen molar-refractivity contribution in [2.24, 2.45) is 11.1 Å². The van der Waals surface area contributed by atoms with Gasteiger partial charge < -0.3 is 10.6 Å². The number of piperidine rings is 1. The van der Waals surface area contributed by atoms with Gasteiger partial charge in [0.2, 0.25) is 5.78 Å². The van der Waals surface area contributed by atoms with Crippen LogP contribution in [0.2, 0.25) is 0 Å². The third kappa shape index (κ3) is 3.12. The van der Waals surface area contributed by atoms with E-state index in [4.69, 9.17) is 5.73 Å². The van der Waals surface area contributed by atoms with Gasteiger partial charge in [0.25, 0.3) is 0 Å². The molecule has 29 heavy (non-hydrogen) atoms. The first-order valence-electron chi connectivity index (χ1n) is 10.2. The Kier molecular flexibility index (Phi) is 4.40. The Labute approximate surface area is 170 Å². The van der Waals surface area contributed by atoms with Crippen LogP contribution >= 0.6 is 0 Å². The molecule has 0 radical (unpaired) electrons. The van der Waals surface area contributed by atoms with Crippen molar-refractivity contribution >= 4 is 11.6 Å². The van der Waals surface area contributed by atoms with Gasteiger partial charge in [0.1, 0.15) is 11.5 Å². The lowest BCUT2D eigenvalue weighted by Gasteiger charge is -2.42. The summed E-state index contributed by atoms with van der Waals surface area (Å²) in [6.45, 7) is 1.81. The molecule has 5 heteroatoms. The van der Waals surface area contributed by atoms with E-state index in [0.717, 1.165) is 38.2 Å². The standard InChI is InChI=1S/C24H24N4O/c25-23-19-9-5-4-8-18(19)14-24(23)10-12-28(13-11-24)21-16-26-20(15-27-21)22(29)17-6-2-1-3-7-17/h1-9,15-16,23H,10-14,25H2/t23-/m1/s1. The van der Waals surface area contributed by atoms with Crippen LogP contribution in [0.3, 0.4) is 0 Å². The zero-order chi connectivity index (χ0) is 19.8. The van der Waals surface area contributed by atoms with Crippen molar-refractivity contribution in [2.75, 3.05) is 18.0 Å². The Balaban J connectivity index is 1.28. The van der Waals surface area contributed by atoms with E-state index in [-0.39, 0.29) is 17.2 Å². The molecule has 1 fully saturated rings. The number of hydrogen-bond donors (Lipinski definition) is 1. The summed E-state index contributed by atoms with van der Waals surface area (Å²) >= 11 is 0. The third-order valence-corrected chi connectivity index (χ3v) is 6.58. The summed E-state index contributed by atoms with van der Waals surface area (Å²) in [7, 11) is 0. The van der Waals surface area contributed by atoms with Crippen LogP contribution in [0.1, 0.15) is 46.1 Å². The molecule has 0 unspecified atom stereocenters. The van der Waals surface area contributed by atoms with Gasteiger partial charge in [0.15, 0.2) is 0 Å². The monoisotopic (exact) mass is 384 g/mol. The van der Waals surface area contributed by atoms with Crippen LogP contribution in [0.25, 0.3) is 0 Å². The Bertz CT molecular complexity index is 1020. The molecule has 1 saturated heterocycles. The minimum Gasteiger partial charge on any atom is -0.355 e. The van der Waals surface area contributed by atoms with Crippen LogP contribution in [0.15, 0.2) is 67.0 Å². The minimum absolute atomic E-state index is 0.100. The van der Waals surface area contributed by atoms with Crippen molar-refractivity contribution < 1.29 is 4.79 Å². The molecule has 0 saturated carbocycles. The highest BCUT2D eigenvalue weighted by Gasteiger charge is 2.45. The van der Waals surface area contributed by atoms with Crippen molar-refractivity contribution in [3.8, 4) is 0 Å². The summed E-state index contributed by atoms with van der Waals surface area (Å²) in [5, 5.41) is 0. The fourth-order valence-electron chi connectivity index (χ4n) is 4.83. The molecule has 1 atom stereocenters. The summed E-state index contributed by atoms with van der Waals surface area (Å²) in [5.41, 5.74) is 10.5. The molecule has 2 N–H and O–H groups in total. The predicted molar refractivity (Wildman–Crippen MR) is 113 cm³/mol. The van der Waals surface area contributed by atoms with Crippen LogP contribution in [-0.4, -0.2) is 28.8 Å².